The first-order valence-corrected chi connectivity index (χ1v) is 3.19. The molecule has 0 aliphatic carbocycles. The van der Waals surface area contributed by atoms with E-state index in [1.54, 1.807) is 11.9 Å². The Morgan fingerprint density at radius 2 is 2.71 bits per heavy atom. The van der Waals surface area contributed by atoms with E-state index in [4.69, 9.17) is 5.26 Å². The quantitative estimate of drug-likeness (QED) is 0.466. The van der Waals surface area contributed by atoms with Gasteiger partial charge in [-0.25, -0.2) is 4.72 Å². The van der Waals surface area contributed by atoms with Crippen molar-refractivity contribution in [1.82, 2.24) is 4.72 Å². The van der Waals surface area contributed by atoms with Crippen molar-refractivity contribution in [3.8, 4) is 6.07 Å². The van der Waals surface area contributed by atoms with Crippen molar-refractivity contribution in [3.63, 3.8) is 0 Å². The minimum Gasteiger partial charge on any atom is -0.247 e. The van der Waals surface area contributed by atoms with Crippen LogP contribution in [0.3, 0.4) is 0 Å². The highest BCUT2D eigenvalue weighted by Gasteiger charge is 2.11. The molecule has 1 rings (SSSR count). The van der Waals surface area contributed by atoms with Crippen LogP contribution in [-0.4, -0.2) is 11.8 Å². The summed E-state index contributed by atoms with van der Waals surface area (Å²) in [5.41, 5.74) is 0. The van der Waals surface area contributed by atoms with Crippen molar-refractivity contribution in [1.29, 1.82) is 5.26 Å². The van der Waals surface area contributed by atoms with Crippen LogP contribution in [0.1, 0.15) is 6.42 Å². The summed E-state index contributed by atoms with van der Waals surface area (Å²) in [6.07, 6.45) is 1.00. The van der Waals surface area contributed by atoms with Crippen molar-refractivity contribution < 1.29 is 0 Å². The summed E-state index contributed by atoms with van der Waals surface area (Å²) in [6, 6.07) is 2.25. The number of hydrogen-bond acceptors (Lipinski definition) is 3. The van der Waals surface area contributed by atoms with Crippen molar-refractivity contribution in [2.24, 2.45) is 0 Å². The fourth-order valence-corrected chi connectivity index (χ4v) is 1.33. The van der Waals surface area contributed by atoms with E-state index in [-0.39, 0.29) is 6.04 Å². The molecule has 0 aromatic rings. The fraction of sp³-hybridized carbons (Fsp3) is 0.750. The second kappa shape index (κ2) is 2.20. The molecule has 7 heavy (non-hydrogen) atoms. The van der Waals surface area contributed by atoms with Crippen LogP contribution in [0, 0.1) is 11.3 Å². The average Bonchev–Trinajstić information content (AvgIpc) is 2.14. The van der Waals surface area contributed by atoms with Crippen molar-refractivity contribution in [2.75, 3.05) is 5.75 Å². The van der Waals surface area contributed by atoms with Crippen LogP contribution in [0.4, 0.5) is 0 Å². The zero-order chi connectivity index (χ0) is 5.11. The van der Waals surface area contributed by atoms with Gasteiger partial charge in [0.1, 0.15) is 6.04 Å². The molecule has 38 valence electrons. The molecular formula is C4H6N2S. The molecule has 1 fully saturated rings. The minimum absolute atomic E-state index is 0.116. The highest BCUT2D eigenvalue weighted by molar-refractivity contribution is 7.97. The zero-order valence-electron chi connectivity index (χ0n) is 3.85. The van der Waals surface area contributed by atoms with Gasteiger partial charge in [-0.1, -0.05) is 11.9 Å². The lowest BCUT2D eigenvalue weighted by Crippen LogP contribution is -2.12. The van der Waals surface area contributed by atoms with E-state index < -0.39 is 0 Å². The molecule has 0 saturated carbocycles. The van der Waals surface area contributed by atoms with Gasteiger partial charge in [0.2, 0.25) is 0 Å². The second-order valence-electron chi connectivity index (χ2n) is 1.44. The molecule has 0 amide bonds. The Balaban J connectivity index is 2.31. The molecule has 0 aromatic carbocycles. The number of nitrogens with zero attached hydrogens (tertiary/aromatic N) is 1. The normalized spacial score (nSPS) is 29.9. The zero-order valence-corrected chi connectivity index (χ0v) is 4.66. The first-order chi connectivity index (χ1) is 3.43. The number of rotatable bonds is 0. The van der Waals surface area contributed by atoms with Crippen LogP contribution >= 0.6 is 11.9 Å². The topological polar surface area (TPSA) is 35.8 Å². The predicted octanol–water partition coefficient (Wildman–Crippen LogP) is 0.520. The SMILES string of the molecule is N#CC1CCSN1. The Morgan fingerprint density at radius 3 is 3.00 bits per heavy atom. The third-order valence-electron chi connectivity index (χ3n) is 0.890. The highest BCUT2D eigenvalue weighted by atomic mass is 32.2. The van der Waals surface area contributed by atoms with E-state index in [0.29, 0.717) is 0 Å². The van der Waals surface area contributed by atoms with Gasteiger partial charge in [-0.2, -0.15) is 5.26 Å². The van der Waals surface area contributed by atoms with Crippen LogP contribution in [0.15, 0.2) is 0 Å². The molecule has 0 aromatic heterocycles. The highest BCUT2D eigenvalue weighted by Crippen LogP contribution is 2.10. The maximum atomic E-state index is 8.24. The van der Waals surface area contributed by atoms with E-state index in [2.05, 4.69) is 10.8 Å². The molecule has 1 heterocycles. The third kappa shape index (κ3) is 1.08. The largest absolute Gasteiger partial charge is 0.247 e. The van der Waals surface area contributed by atoms with Crippen LogP contribution in [0.25, 0.3) is 0 Å². The maximum absolute atomic E-state index is 8.24. The monoisotopic (exact) mass is 114 g/mol. The summed E-state index contributed by atoms with van der Waals surface area (Å²) >= 11 is 1.63. The first-order valence-electron chi connectivity index (χ1n) is 2.20. The van der Waals surface area contributed by atoms with Crippen LogP contribution in [0.2, 0.25) is 0 Å². The first kappa shape index (κ1) is 4.95. The van der Waals surface area contributed by atoms with Gasteiger partial charge in [-0.15, -0.1) is 0 Å². The summed E-state index contributed by atoms with van der Waals surface area (Å²) < 4.78 is 2.96. The van der Waals surface area contributed by atoms with E-state index >= 15 is 0 Å². The van der Waals surface area contributed by atoms with E-state index in [9.17, 15) is 0 Å². The minimum atomic E-state index is 0.116. The number of nitrogens with one attached hydrogen (secondary N) is 1. The molecule has 1 aliphatic rings. The van der Waals surface area contributed by atoms with Crippen LogP contribution in [0.5, 0.6) is 0 Å². The Morgan fingerprint density at radius 1 is 1.86 bits per heavy atom. The van der Waals surface area contributed by atoms with E-state index in [1.807, 2.05) is 0 Å². The Kier molecular flexibility index (Phi) is 1.55. The molecule has 3 heteroatoms. The van der Waals surface area contributed by atoms with Gasteiger partial charge in [0.05, 0.1) is 6.07 Å². The van der Waals surface area contributed by atoms with Crippen molar-refractivity contribution >= 4 is 11.9 Å². The van der Waals surface area contributed by atoms with Gasteiger partial charge in [-0.3, -0.25) is 0 Å². The summed E-state index contributed by atoms with van der Waals surface area (Å²) in [5.74, 6) is 1.08. The number of nitriles is 1. The fourth-order valence-electron chi connectivity index (χ4n) is 0.486. The second-order valence-corrected chi connectivity index (χ2v) is 2.37. The lowest BCUT2D eigenvalue weighted by Gasteiger charge is -1.90. The molecule has 0 bridgehead atoms. The van der Waals surface area contributed by atoms with Gasteiger partial charge in [0, 0.05) is 5.75 Å². The van der Waals surface area contributed by atoms with Crippen molar-refractivity contribution in [2.45, 2.75) is 12.5 Å². The smallest absolute Gasteiger partial charge is 0.105 e. The van der Waals surface area contributed by atoms with Gasteiger partial charge in [-0.05, 0) is 6.42 Å². The molecule has 0 radical (unpaired) electrons. The molecule has 2 nitrogen and oxygen atoms in total. The summed E-state index contributed by atoms with van der Waals surface area (Å²) in [5, 5.41) is 8.24. The Hall–Kier alpha value is -0.200. The molecule has 1 aliphatic heterocycles. The Bertz CT molecular complexity index is 90.4. The van der Waals surface area contributed by atoms with Gasteiger partial charge >= 0.3 is 0 Å². The predicted molar refractivity (Wildman–Crippen MR) is 29.6 cm³/mol. The lowest BCUT2D eigenvalue weighted by atomic mass is 10.3. The molecule has 1 saturated heterocycles. The average molecular weight is 114 g/mol. The Labute approximate surface area is 47.0 Å². The van der Waals surface area contributed by atoms with E-state index in [1.165, 1.54) is 0 Å². The van der Waals surface area contributed by atoms with E-state index in [0.717, 1.165) is 12.2 Å². The van der Waals surface area contributed by atoms with Crippen molar-refractivity contribution in [3.05, 3.63) is 0 Å². The maximum Gasteiger partial charge on any atom is 0.105 e. The third-order valence-corrected chi connectivity index (χ3v) is 1.78. The van der Waals surface area contributed by atoms with Gasteiger partial charge in [0.25, 0.3) is 0 Å². The summed E-state index contributed by atoms with van der Waals surface area (Å²) in [4.78, 5) is 0. The molecule has 0 spiro atoms. The van der Waals surface area contributed by atoms with Gasteiger partial charge in [0.15, 0.2) is 0 Å². The summed E-state index contributed by atoms with van der Waals surface area (Å²) in [7, 11) is 0. The standard InChI is InChI=1S/C4H6N2S/c5-3-4-1-2-7-6-4/h4,6H,1-2H2. The lowest BCUT2D eigenvalue weighted by molar-refractivity contribution is 0.793. The van der Waals surface area contributed by atoms with Crippen LogP contribution < -0.4 is 4.72 Å². The summed E-state index contributed by atoms with van der Waals surface area (Å²) in [6.45, 7) is 0. The molecule has 1 atom stereocenters. The molecular weight excluding hydrogens is 108 g/mol. The van der Waals surface area contributed by atoms with Crippen LogP contribution in [-0.2, 0) is 0 Å². The number of hydrogen-bond donors (Lipinski definition) is 1. The van der Waals surface area contributed by atoms with Gasteiger partial charge < -0.3 is 0 Å². The molecule has 1 unspecified atom stereocenters. The molecule has 1 N–H and O–H groups in total.